The lowest BCUT2D eigenvalue weighted by atomic mass is 10.3. The van der Waals surface area contributed by atoms with Crippen LogP contribution in [0.25, 0.3) is 0 Å². The number of halogens is 1. The van der Waals surface area contributed by atoms with E-state index in [1.807, 2.05) is 6.07 Å². The molecule has 3 N–H and O–H groups in total. The van der Waals surface area contributed by atoms with Crippen LogP contribution in [0.2, 0.25) is 5.02 Å². The number of benzene rings is 1. The van der Waals surface area contributed by atoms with Crippen molar-refractivity contribution in [2.24, 2.45) is 0 Å². The predicted octanol–water partition coefficient (Wildman–Crippen LogP) is 1.53. The first-order valence-electron chi connectivity index (χ1n) is 2.75. The Bertz CT molecular complexity index is 173. The van der Waals surface area contributed by atoms with E-state index >= 15 is 0 Å². The van der Waals surface area contributed by atoms with Gasteiger partial charge in [0.2, 0.25) is 0 Å². The van der Waals surface area contributed by atoms with Crippen molar-refractivity contribution in [1.82, 2.24) is 0 Å². The lowest BCUT2D eigenvalue weighted by Crippen LogP contribution is -1.80. The van der Waals surface area contributed by atoms with Gasteiger partial charge in [-0.05, 0) is 18.2 Å². The van der Waals surface area contributed by atoms with Gasteiger partial charge in [-0.25, -0.2) is 0 Å². The van der Waals surface area contributed by atoms with Gasteiger partial charge < -0.3 is 10.8 Å². The number of aliphatic hydroxyl groups excluding tert-OH is 1. The Morgan fingerprint density at radius 2 is 2.00 bits per heavy atom. The van der Waals surface area contributed by atoms with E-state index in [9.17, 15) is 0 Å². The number of nitrogens with two attached hydrogens (primary N) is 1. The third-order valence-corrected chi connectivity index (χ3v) is 1.08. The number of aliphatic hydroxyl groups is 1. The third-order valence-electron chi connectivity index (χ3n) is 0.849. The fourth-order valence-electron chi connectivity index (χ4n) is 0.507. The fraction of sp³-hybridized carbons (Fsp3) is 0.143. The van der Waals surface area contributed by atoms with Crippen molar-refractivity contribution in [3.8, 4) is 0 Å². The lowest BCUT2D eigenvalue weighted by molar-refractivity contribution is 0.399. The number of nitrogen functional groups attached to an aromatic ring is 1. The summed E-state index contributed by atoms with van der Waals surface area (Å²) in [7, 11) is 1.00. The van der Waals surface area contributed by atoms with Crippen molar-refractivity contribution in [3.63, 3.8) is 0 Å². The number of hydrogen-bond donors (Lipinski definition) is 2. The molecule has 0 saturated carbocycles. The summed E-state index contributed by atoms with van der Waals surface area (Å²) in [5.41, 5.74) is 6.08. The van der Waals surface area contributed by atoms with Crippen molar-refractivity contribution in [3.05, 3.63) is 29.3 Å². The Morgan fingerprint density at radius 3 is 2.30 bits per heavy atom. The second-order valence-electron chi connectivity index (χ2n) is 1.56. The number of rotatable bonds is 0. The summed E-state index contributed by atoms with van der Waals surface area (Å²) >= 11 is 5.56. The van der Waals surface area contributed by atoms with Crippen LogP contribution < -0.4 is 5.73 Å². The first-order valence-corrected chi connectivity index (χ1v) is 3.12. The smallest absolute Gasteiger partial charge is 0.0426 e. The molecule has 0 aliphatic rings. The van der Waals surface area contributed by atoms with Gasteiger partial charge in [0, 0.05) is 17.8 Å². The van der Waals surface area contributed by atoms with Gasteiger partial charge in [0.25, 0.3) is 0 Å². The zero-order valence-corrected chi connectivity index (χ0v) is 6.47. The summed E-state index contributed by atoms with van der Waals surface area (Å²) in [6.45, 7) is 0. The lowest BCUT2D eigenvalue weighted by Gasteiger charge is -1.89. The molecule has 0 saturated heterocycles. The van der Waals surface area contributed by atoms with Crippen molar-refractivity contribution < 1.29 is 5.11 Å². The SMILES string of the molecule is CO.Nc1cccc(Cl)c1. The average molecular weight is 160 g/mol. The molecule has 0 radical (unpaired) electrons. The Morgan fingerprint density at radius 1 is 1.40 bits per heavy atom. The Balaban J connectivity index is 0.000000371. The third kappa shape index (κ3) is 3.33. The molecule has 10 heavy (non-hydrogen) atoms. The molecule has 0 amide bonds. The van der Waals surface area contributed by atoms with Crippen LogP contribution in [0, 0.1) is 0 Å². The van der Waals surface area contributed by atoms with E-state index in [1.54, 1.807) is 18.2 Å². The molecule has 2 nitrogen and oxygen atoms in total. The summed E-state index contributed by atoms with van der Waals surface area (Å²) in [5, 5.41) is 7.69. The van der Waals surface area contributed by atoms with Crippen LogP contribution >= 0.6 is 11.6 Å². The van der Waals surface area contributed by atoms with Crippen LogP contribution in [-0.4, -0.2) is 12.2 Å². The summed E-state index contributed by atoms with van der Waals surface area (Å²) in [5.74, 6) is 0. The van der Waals surface area contributed by atoms with Crippen LogP contribution in [0.1, 0.15) is 0 Å². The minimum absolute atomic E-state index is 0.685. The van der Waals surface area contributed by atoms with E-state index in [0.717, 1.165) is 7.11 Å². The second kappa shape index (κ2) is 5.09. The van der Waals surface area contributed by atoms with Crippen molar-refractivity contribution in [1.29, 1.82) is 0 Å². The maximum atomic E-state index is 7.00. The molecule has 0 aliphatic carbocycles. The maximum Gasteiger partial charge on any atom is 0.0426 e. The molecule has 1 aromatic carbocycles. The van der Waals surface area contributed by atoms with Gasteiger partial charge in [-0.2, -0.15) is 0 Å². The maximum absolute atomic E-state index is 7.00. The Kier molecular flexibility index (Phi) is 4.72. The van der Waals surface area contributed by atoms with Crippen LogP contribution in [-0.2, 0) is 0 Å². The highest BCUT2D eigenvalue weighted by atomic mass is 35.5. The highest BCUT2D eigenvalue weighted by Gasteiger charge is 1.83. The fourth-order valence-corrected chi connectivity index (χ4v) is 0.705. The Hall–Kier alpha value is -0.730. The van der Waals surface area contributed by atoms with Crippen LogP contribution in [0.3, 0.4) is 0 Å². The molecule has 0 heterocycles. The molecule has 0 spiro atoms. The molecule has 0 aromatic heterocycles. The van der Waals surface area contributed by atoms with Gasteiger partial charge >= 0.3 is 0 Å². The largest absolute Gasteiger partial charge is 0.400 e. The number of anilines is 1. The highest BCUT2D eigenvalue weighted by molar-refractivity contribution is 6.30. The van der Waals surface area contributed by atoms with E-state index in [-0.39, 0.29) is 0 Å². The van der Waals surface area contributed by atoms with Crippen LogP contribution in [0.15, 0.2) is 24.3 Å². The van der Waals surface area contributed by atoms with E-state index in [1.165, 1.54) is 0 Å². The summed E-state index contributed by atoms with van der Waals surface area (Å²) < 4.78 is 0. The quantitative estimate of drug-likeness (QED) is 0.564. The molecule has 1 aromatic rings. The summed E-state index contributed by atoms with van der Waals surface area (Å²) in [6.07, 6.45) is 0. The molecular weight excluding hydrogens is 150 g/mol. The first kappa shape index (κ1) is 9.27. The van der Waals surface area contributed by atoms with Crippen molar-refractivity contribution in [2.45, 2.75) is 0 Å². The number of hydrogen-bond acceptors (Lipinski definition) is 2. The molecule has 0 bridgehead atoms. The molecule has 0 aliphatic heterocycles. The molecule has 0 unspecified atom stereocenters. The molecule has 56 valence electrons. The topological polar surface area (TPSA) is 46.2 Å². The predicted molar refractivity (Wildman–Crippen MR) is 44.0 cm³/mol. The van der Waals surface area contributed by atoms with E-state index in [4.69, 9.17) is 22.4 Å². The zero-order valence-electron chi connectivity index (χ0n) is 5.71. The van der Waals surface area contributed by atoms with Gasteiger partial charge in [-0.1, -0.05) is 17.7 Å². The van der Waals surface area contributed by atoms with Crippen LogP contribution in [0.5, 0.6) is 0 Å². The minimum atomic E-state index is 0.685. The monoisotopic (exact) mass is 159 g/mol. The van der Waals surface area contributed by atoms with Gasteiger partial charge in [0.05, 0.1) is 0 Å². The van der Waals surface area contributed by atoms with Crippen molar-refractivity contribution in [2.75, 3.05) is 12.8 Å². The van der Waals surface area contributed by atoms with Gasteiger partial charge in [0.15, 0.2) is 0 Å². The van der Waals surface area contributed by atoms with Gasteiger partial charge in [0.1, 0.15) is 0 Å². The highest BCUT2D eigenvalue weighted by Crippen LogP contribution is 2.10. The second-order valence-corrected chi connectivity index (χ2v) is 1.99. The molecule has 1 rings (SSSR count). The normalized spacial score (nSPS) is 7.90. The van der Waals surface area contributed by atoms with E-state index in [0.29, 0.717) is 10.7 Å². The summed E-state index contributed by atoms with van der Waals surface area (Å²) in [4.78, 5) is 0. The van der Waals surface area contributed by atoms with E-state index < -0.39 is 0 Å². The zero-order chi connectivity index (χ0) is 7.98. The van der Waals surface area contributed by atoms with Gasteiger partial charge in [-0.3, -0.25) is 0 Å². The van der Waals surface area contributed by atoms with E-state index in [2.05, 4.69) is 0 Å². The average Bonchev–Trinajstić information content (AvgIpc) is 1.91. The van der Waals surface area contributed by atoms with Gasteiger partial charge in [-0.15, -0.1) is 0 Å². The Labute approximate surface area is 65.2 Å². The molecular formula is C7H10ClNO. The minimum Gasteiger partial charge on any atom is -0.400 e. The molecule has 0 atom stereocenters. The molecule has 0 fully saturated rings. The first-order chi connectivity index (χ1) is 4.79. The standard InChI is InChI=1S/C6H6ClN.CH4O/c7-5-2-1-3-6(8)4-5;1-2/h1-4H,8H2;2H,1H3. The van der Waals surface area contributed by atoms with Crippen molar-refractivity contribution >= 4 is 17.3 Å². The molecule has 3 heteroatoms. The summed E-state index contributed by atoms with van der Waals surface area (Å²) in [6, 6.07) is 7.11. The van der Waals surface area contributed by atoms with Crippen LogP contribution in [0.4, 0.5) is 5.69 Å².